The van der Waals surface area contributed by atoms with E-state index in [2.05, 4.69) is 22.8 Å². The van der Waals surface area contributed by atoms with Gasteiger partial charge in [0.25, 0.3) is 0 Å². The van der Waals surface area contributed by atoms with E-state index in [1.165, 1.54) is 5.56 Å². The number of aromatic nitrogens is 2. The highest BCUT2D eigenvalue weighted by Gasteiger charge is 2.18. The van der Waals surface area contributed by atoms with Crippen LogP contribution < -0.4 is 9.47 Å². The zero-order valence-corrected chi connectivity index (χ0v) is 17.5. The van der Waals surface area contributed by atoms with Crippen molar-refractivity contribution in [1.82, 2.24) is 9.55 Å². The van der Waals surface area contributed by atoms with E-state index in [4.69, 9.17) is 26.1 Å². The molecule has 5 heteroatoms. The fraction of sp³-hybridized carbons (Fsp3) is 0.208. The highest BCUT2D eigenvalue weighted by molar-refractivity contribution is 6.31. The molecule has 1 unspecified atom stereocenters. The summed E-state index contributed by atoms with van der Waals surface area (Å²) in [5.41, 5.74) is 4.20. The molecule has 29 heavy (non-hydrogen) atoms. The number of halogens is 1. The van der Waals surface area contributed by atoms with Crippen molar-refractivity contribution in [2.45, 2.75) is 26.5 Å². The van der Waals surface area contributed by atoms with Gasteiger partial charge in [-0.15, -0.1) is 0 Å². The molecule has 1 heterocycles. The predicted octanol–water partition coefficient (Wildman–Crippen LogP) is 6.20. The lowest BCUT2D eigenvalue weighted by Crippen LogP contribution is -2.13. The Balaban J connectivity index is 1.68. The van der Waals surface area contributed by atoms with Gasteiger partial charge in [-0.1, -0.05) is 35.9 Å². The monoisotopic (exact) mass is 406 g/mol. The second-order valence-electron chi connectivity index (χ2n) is 7.06. The average molecular weight is 407 g/mol. The smallest absolute Gasteiger partial charge is 0.153 e. The van der Waals surface area contributed by atoms with Crippen molar-refractivity contribution < 1.29 is 9.47 Å². The molecule has 4 nitrogen and oxygen atoms in total. The van der Waals surface area contributed by atoms with Gasteiger partial charge in [-0.2, -0.15) is 0 Å². The van der Waals surface area contributed by atoms with Crippen LogP contribution in [-0.2, 0) is 6.54 Å². The van der Waals surface area contributed by atoms with Crippen LogP contribution in [0.1, 0.15) is 30.0 Å². The molecule has 0 amide bonds. The van der Waals surface area contributed by atoms with Crippen LogP contribution in [0.5, 0.6) is 11.5 Å². The zero-order chi connectivity index (χ0) is 20.4. The topological polar surface area (TPSA) is 36.3 Å². The quantitative estimate of drug-likeness (QED) is 0.382. The third kappa shape index (κ3) is 4.08. The van der Waals surface area contributed by atoms with E-state index in [1.54, 1.807) is 7.11 Å². The number of benzene rings is 3. The lowest BCUT2D eigenvalue weighted by Gasteiger charge is -2.17. The molecule has 0 spiro atoms. The van der Waals surface area contributed by atoms with Crippen molar-refractivity contribution in [3.63, 3.8) is 0 Å². The van der Waals surface area contributed by atoms with Crippen LogP contribution in [0.4, 0.5) is 0 Å². The summed E-state index contributed by atoms with van der Waals surface area (Å²) >= 11 is 6.14. The first kappa shape index (κ1) is 19.3. The van der Waals surface area contributed by atoms with E-state index >= 15 is 0 Å². The average Bonchev–Trinajstić information content (AvgIpc) is 3.10. The lowest BCUT2D eigenvalue weighted by atomic mass is 10.2. The minimum atomic E-state index is -0.221. The van der Waals surface area contributed by atoms with E-state index in [1.807, 2.05) is 62.4 Å². The molecule has 3 aromatic carbocycles. The summed E-state index contributed by atoms with van der Waals surface area (Å²) in [6, 6.07) is 22.0. The minimum absolute atomic E-state index is 0.221. The van der Waals surface area contributed by atoms with Crippen molar-refractivity contribution >= 4 is 22.6 Å². The van der Waals surface area contributed by atoms with E-state index in [9.17, 15) is 0 Å². The van der Waals surface area contributed by atoms with Gasteiger partial charge >= 0.3 is 0 Å². The first-order valence-corrected chi connectivity index (χ1v) is 9.94. The molecule has 0 saturated heterocycles. The molecule has 0 N–H and O–H groups in total. The van der Waals surface area contributed by atoms with E-state index < -0.39 is 0 Å². The molecule has 1 atom stereocenters. The highest BCUT2D eigenvalue weighted by Crippen LogP contribution is 2.28. The maximum Gasteiger partial charge on any atom is 0.153 e. The number of methoxy groups -OCH3 is 1. The largest absolute Gasteiger partial charge is 0.497 e. The molecule has 0 bridgehead atoms. The van der Waals surface area contributed by atoms with Crippen molar-refractivity contribution in [3.05, 3.63) is 88.7 Å². The Morgan fingerprint density at radius 1 is 1.00 bits per heavy atom. The van der Waals surface area contributed by atoms with Gasteiger partial charge in [0.2, 0.25) is 0 Å². The summed E-state index contributed by atoms with van der Waals surface area (Å²) in [7, 11) is 1.67. The molecule has 0 radical (unpaired) electrons. The number of fused-ring (bicyclic) bond motifs is 1. The van der Waals surface area contributed by atoms with Gasteiger partial charge in [-0.3, -0.25) is 0 Å². The van der Waals surface area contributed by atoms with Crippen LogP contribution >= 0.6 is 11.6 Å². The maximum atomic E-state index is 6.22. The molecule has 0 aliphatic rings. The van der Waals surface area contributed by atoms with Gasteiger partial charge in [0, 0.05) is 11.6 Å². The molecule has 0 aliphatic carbocycles. The van der Waals surface area contributed by atoms with Crippen molar-refractivity contribution in [2.24, 2.45) is 0 Å². The third-order valence-electron chi connectivity index (χ3n) is 4.99. The van der Waals surface area contributed by atoms with Crippen molar-refractivity contribution in [3.8, 4) is 11.5 Å². The molecular weight excluding hydrogens is 384 g/mol. The number of hydrogen-bond acceptors (Lipinski definition) is 3. The van der Waals surface area contributed by atoms with Gasteiger partial charge in [-0.25, -0.2) is 4.98 Å². The van der Waals surface area contributed by atoms with Crippen LogP contribution in [0.25, 0.3) is 11.0 Å². The summed E-state index contributed by atoms with van der Waals surface area (Å²) in [6.45, 7) is 4.70. The van der Waals surface area contributed by atoms with Crippen LogP contribution in [0.15, 0.2) is 66.7 Å². The SMILES string of the molecule is COc1ccc(Cn2c(C(C)Oc3ccc(Cl)c(C)c3)nc3ccccc32)cc1. The van der Waals surface area contributed by atoms with Crippen molar-refractivity contribution in [2.75, 3.05) is 7.11 Å². The van der Waals surface area contributed by atoms with Crippen molar-refractivity contribution in [1.29, 1.82) is 0 Å². The Kier molecular flexibility index (Phi) is 5.45. The Bertz CT molecular complexity index is 1140. The van der Waals surface area contributed by atoms with Gasteiger partial charge < -0.3 is 14.0 Å². The standard InChI is InChI=1S/C24H23ClN2O2/c1-16-14-20(12-13-21(16)25)29-17(2)24-26-22-6-4-5-7-23(22)27(24)15-18-8-10-19(28-3)11-9-18/h4-14,17H,15H2,1-3H3. The van der Waals surface area contributed by atoms with Gasteiger partial charge in [-0.05, 0) is 67.4 Å². The number of imidazole rings is 1. The number of para-hydroxylation sites is 2. The van der Waals surface area contributed by atoms with Gasteiger partial charge in [0.15, 0.2) is 11.9 Å². The fourth-order valence-corrected chi connectivity index (χ4v) is 3.55. The third-order valence-corrected chi connectivity index (χ3v) is 5.41. The second-order valence-corrected chi connectivity index (χ2v) is 7.47. The maximum absolute atomic E-state index is 6.22. The molecular formula is C24H23ClN2O2. The lowest BCUT2D eigenvalue weighted by molar-refractivity contribution is 0.212. The number of nitrogens with zero attached hydrogens (tertiary/aromatic N) is 2. The predicted molar refractivity (Wildman–Crippen MR) is 117 cm³/mol. The first-order valence-electron chi connectivity index (χ1n) is 9.56. The second kappa shape index (κ2) is 8.18. The van der Waals surface area contributed by atoms with Gasteiger partial charge in [0.05, 0.1) is 18.1 Å². The Hall–Kier alpha value is -2.98. The zero-order valence-electron chi connectivity index (χ0n) is 16.7. The number of aryl methyl sites for hydroxylation is 1. The summed E-state index contributed by atoms with van der Waals surface area (Å²) in [5, 5.41) is 0.733. The minimum Gasteiger partial charge on any atom is -0.497 e. The molecule has 1 aromatic heterocycles. The first-order chi connectivity index (χ1) is 14.0. The van der Waals surface area contributed by atoms with Crippen LogP contribution in [0.3, 0.4) is 0 Å². The summed E-state index contributed by atoms with van der Waals surface area (Å²) in [4.78, 5) is 4.87. The molecule has 0 saturated carbocycles. The molecule has 0 aliphatic heterocycles. The highest BCUT2D eigenvalue weighted by atomic mass is 35.5. The van der Waals surface area contributed by atoms with Gasteiger partial charge in [0.1, 0.15) is 11.5 Å². The molecule has 4 aromatic rings. The Morgan fingerprint density at radius 3 is 2.45 bits per heavy atom. The molecule has 0 fully saturated rings. The number of hydrogen-bond donors (Lipinski definition) is 0. The van der Waals surface area contributed by atoms with Crippen LogP contribution in [0.2, 0.25) is 5.02 Å². The van der Waals surface area contributed by atoms with E-state index in [-0.39, 0.29) is 6.10 Å². The molecule has 4 rings (SSSR count). The number of rotatable bonds is 6. The van der Waals surface area contributed by atoms with E-state index in [0.717, 1.165) is 38.9 Å². The molecule has 148 valence electrons. The van der Waals surface area contributed by atoms with E-state index in [0.29, 0.717) is 6.54 Å². The Morgan fingerprint density at radius 2 is 1.72 bits per heavy atom. The number of ether oxygens (including phenoxy) is 2. The normalized spacial score (nSPS) is 12.1. The van der Waals surface area contributed by atoms with Crippen LogP contribution in [0, 0.1) is 6.92 Å². The fourth-order valence-electron chi connectivity index (χ4n) is 3.43. The Labute approximate surface area is 175 Å². The summed E-state index contributed by atoms with van der Waals surface area (Å²) < 4.78 is 13.7. The summed E-state index contributed by atoms with van der Waals surface area (Å²) in [6.07, 6.45) is -0.221. The summed E-state index contributed by atoms with van der Waals surface area (Å²) in [5.74, 6) is 2.51. The van der Waals surface area contributed by atoms with Crippen LogP contribution in [-0.4, -0.2) is 16.7 Å².